The molecule has 1 aromatic carbocycles. The van der Waals surface area contributed by atoms with Gasteiger partial charge in [0.1, 0.15) is 6.42 Å². The van der Waals surface area contributed by atoms with Crippen molar-refractivity contribution in [1.29, 1.82) is 0 Å². The van der Waals surface area contributed by atoms with Gasteiger partial charge in [0.15, 0.2) is 0 Å². The monoisotopic (exact) mass is 374 g/mol. The number of hydrogen-bond donors (Lipinski definition) is 0. The molecule has 26 heavy (non-hydrogen) atoms. The molecule has 6 heteroatoms. The van der Waals surface area contributed by atoms with Gasteiger partial charge in [-0.15, -0.1) is 0 Å². The molecule has 1 aromatic rings. The summed E-state index contributed by atoms with van der Waals surface area (Å²) in [4.78, 5) is 40.7. The fourth-order valence-corrected chi connectivity index (χ4v) is 5.10. The van der Waals surface area contributed by atoms with E-state index in [-0.39, 0.29) is 30.3 Å². The number of barbiturate groups is 1. The number of urea groups is 1. The molecular formula is C20H23ClN2O3. The van der Waals surface area contributed by atoms with Crippen molar-refractivity contribution in [3.05, 3.63) is 34.9 Å². The van der Waals surface area contributed by atoms with Crippen LogP contribution >= 0.6 is 11.6 Å². The number of benzene rings is 1. The smallest absolute Gasteiger partial charge is 0.274 e. The normalized spacial score (nSPS) is 29.6. The number of nitrogens with zero attached hydrogens (tertiary/aromatic N) is 2. The number of fused-ring (bicyclic) bond motifs is 2. The van der Waals surface area contributed by atoms with Crippen LogP contribution in [0.4, 0.5) is 4.79 Å². The first-order valence-electron chi connectivity index (χ1n) is 9.36. The third kappa shape index (κ3) is 3.02. The molecule has 5 nitrogen and oxygen atoms in total. The Balaban J connectivity index is 1.53. The topological polar surface area (TPSA) is 57.7 Å². The Morgan fingerprint density at radius 1 is 1.08 bits per heavy atom. The van der Waals surface area contributed by atoms with E-state index in [1.165, 1.54) is 16.2 Å². The van der Waals surface area contributed by atoms with Crippen molar-refractivity contribution in [3.8, 4) is 0 Å². The molecular weight excluding hydrogens is 352 g/mol. The van der Waals surface area contributed by atoms with E-state index < -0.39 is 6.03 Å². The van der Waals surface area contributed by atoms with E-state index in [2.05, 4.69) is 0 Å². The Bertz CT molecular complexity index is 748. The summed E-state index contributed by atoms with van der Waals surface area (Å²) in [6.07, 6.45) is 4.64. The maximum Gasteiger partial charge on any atom is 0.333 e. The van der Waals surface area contributed by atoms with Gasteiger partial charge < -0.3 is 0 Å². The van der Waals surface area contributed by atoms with E-state index >= 15 is 0 Å². The largest absolute Gasteiger partial charge is 0.333 e. The number of halogens is 1. The van der Waals surface area contributed by atoms with E-state index in [1.807, 2.05) is 19.1 Å². The molecule has 138 valence electrons. The van der Waals surface area contributed by atoms with Crippen LogP contribution in [-0.4, -0.2) is 39.7 Å². The Labute approximate surface area is 158 Å². The zero-order valence-corrected chi connectivity index (χ0v) is 15.6. The second-order valence-electron chi connectivity index (χ2n) is 7.91. The van der Waals surface area contributed by atoms with E-state index in [0.29, 0.717) is 23.3 Å². The Morgan fingerprint density at radius 3 is 2.42 bits per heavy atom. The molecule has 3 fully saturated rings. The summed E-state index contributed by atoms with van der Waals surface area (Å²) >= 11 is 5.92. The summed E-state index contributed by atoms with van der Waals surface area (Å²) in [7, 11) is 0. The molecule has 4 amide bonds. The number of amides is 4. The fraction of sp³-hybridized carbons (Fsp3) is 0.550. The van der Waals surface area contributed by atoms with E-state index in [1.54, 1.807) is 12.1 Å². The van der Waals surface area contributed by atoms with Gasteiger partial charge in [-0.05, 0) is 62.1 Å². The first-order chi connectivity index (χ1) is 12.4. The summed E-state index contributed by atoms with van der Waals surface area (Å²) in [5.41, 5.74) is 1.01. The van der Waals surface area contributed by atoms with Crippen LogP contribution in [0.3, 0.4) is 0 Å². The summed E-state index contributed by atoms with van der Waals surface area (Å²) in [5.74, 6) is 0.325. The van der Waals surface area contributed by atoms with E-state index in [9.17, 15) is 14.4 Å². The highest BCUT2D eigenvalue weighted by atomic mass is 35.5. The molecule has 3 aliphatic rings. The number of carbonyl (C=O) groups is 3. The zero-order chi connectivity index (χ0) is 18.4. The number of imide groups is 2. The lowest BCUT2D eigenvalue weighted by Crippen LogP contribution is -2.61. The van der Waals surface area contributed by atoms with Crippen LogP contribution in [0.25, 0.3) is 0 Å². The van der Waals surface area contributed by atoms with Crippen LogP contribution in [0, 0.1) is 11.8 Å². The van der Waals surface area contributed by atoms with Gasteiger partial charge in [-0.25, -0.2) is 4.79 Å². The highest BCUT2D eigenvalue weighted by Crippen LogP contribution is 2.47. The molecule has 1 saturated heterocycles. The third-order valence-corrected chi connectivity index (χ3v) is 6.42. The number of hydrogen-bond acceptors (Lipinski definition) is 3. The van der Waals surface area contributed by atoms with Crippen LogP contribution < -0.4 is 0 Å². The van der Waals surface area contributed by atoms with Gasteiger partial charge in [0.2, 0.25) is 11.8 Å². The first kappa shape index (κ1) is 17.5. The quantitative estimate of drug-likeness (QED) is 0.756. The molecule has 0 radical (unpaired) electrons. The van der Waals surface area contributed by atoms with Gasteiger partial charge in [0, 0.05) is 17.1 Å². The predicted molar refractivity (Wildman–Crippen MR) is 97.6 cm³/mol. The summed E-state index contributed by atoms with van der Waals surface area (Å²) in [5, 5.41) is 0.652. The summed E-state index contributed by atoms with van der Waals surface area (Å²) < 4.78 is 0. The Hall–Kier alpha value is -1.88. The standard InChI is InChI=1S/C20H23ClN2O3/c1-12(8-13-3-6-16(21)7-4-13)22-18(24)11-19(25)23(20(22)26)17-10-14-2-5-15(17)9-14/h3-4,6-7,12,14-15,17H,2,5,8-11H2,1H3/t12?,14-,15+,17-/m1/s1. The van der Waals surface area contributed by atoms with Crippen LogP contribution in [0.5, 0.6) is 0 Å². The van der Waals surface area contributed by atoms with Crippen molar-refractivity contribution in [2.75, 3.05) is 0 Å². The molecule has 2 saturated carbocycles. The second-order valence-corrected chi connectivity index (χ2v) is 8.35. The molecule has 0 aromatic heterocycles. The van der Waals surface area contributed by atoms with Crippen molar-refractivity contribution in [2.24, 2.45) is 11.8 Å². The van der Waals surface area contributed by atoms with Crippen molar-refractivity contribution in [1.82, 2.24) is 9.80 Å². The number of carbonyl (C=O) groups excluding carboxylic acids is 3. The molecule has 0 spiro atoms. The highest BCUT2D eigenvalue weighted by molar-refractivity contribution is 6.30. The van der Waals surface area contributed by atoms with Crippen LogP contribution in [0.15, 0.2) is 24.3 Å². The Morgan fingerprint density at radius 2 is 1.81 bits per heavy atom. The van der Waals surface area contributed by atoms with Gasteiger partial charge in [-0.1, -0.05) is 30.2 Å². The molecule has 1 heterocycles. The molecule has 1 unspecified atom stereocenters. The molecule has 2 aliphatic carbocycles. The van der Waals surface area contributed by atoms with Crippen molar-refractivity contribution < 1.29 is 14.4 Å². The molecule has 4 atom stereocenters. The average Bonchev–Trinajstić information content (AvgIpc) is 3.19. The fourth-order valence-electron chi connectivity index (χ4n) is 4.97. The minimum absolute atomic E-state index is 0.0212. The lowest BCUT2D eigenvalue weighted by Gasteiger charge is -2.41. The lowest BCUT2D eigenvalue weighted by molar-refractivity contribution is -0.145. The van der Waals surface area contributed by atoms with Crippen LogP contribution in [0.2, 0.25) is 5.02 Å². The van der Waals surface area contributed by atoms with E-state index in [4.69, 9.17) is 11.6 Å². The molecule has 1 aliphatic heterocycles. The van der Waals surface area contributed by atoms with Gasteiger partial charge in [-0.2, -0.15) is 0 Å². The van der Waals surface area contributed by atoms with Gasteiger partial charge >= 0.3 is 6.03 Å². The van der Waals surface area contributed by atoms with Crippen molar-refractivity contribution in [2.45, 2.75) is 57.5 Å². The first-order valence-corrected chi connectivity index (χ1v) is 9.74. The lowest BCUT2D eigenvalue weighted by atomic mass is 9.93. The SMILES string of the molecule is CC(Cc1ccc(Cl)cc1)N1C(=O)CC(=O)N([C@@H]2C[C@@H]3CC[C@H]2C3)C1=O. The minimum Gasteiger partial charge on any atom is -0.274 e. The van der Waals surface area contributed by atoms with Crippen LogP contribution in [-0.2, 0) is 16.0 Å². The second kappa shape index (κ2) is 6.69. The van der Waals surface area contributed by atoms with Gasteiger partial charge in [0.25, 0.3) is 0 Å². The Kier molecular flexibility index (Phi) is 4.51. The van der Waals surface area contributed by atoms with E-state index in [0.717, 1.165) is 24.8 Å². The maximum absolute atomic E-state index is 13.1. The third-order valence-electron chi connectivity index (χ3n) is 6.17. The average molecular weight is 375 g/mol. The minimum atomic E-state index is -0.426. The molecule has 0 N–H and O–H groups in total. The molecule has 4 rings (SSSR count). The van der Waals surface area contributed by atoms with Crippen molar-refractivity contribution >= 4 is 29.4 Å². The molecule has 2 bridgehead atoms. The zero-order valence-electron chi connectivity index (χ0n) is 14.9. The summed E-state index contributed by atoms with van der Waals surface area (Å²) in [6.45, 7) is 1.86. The van der Waals surface area contributed by atoms with Gasteiger partial charge in [0.05, 0.1) is 0 Å². The van der Waals surface area contributed by atoms with Crippen molar-refractivity contribution in [3.63, 3.8) is 0 Å². The van der Waals surface area contributed by atoms with Crippen LogP contribution in [0.1, 0.15) is 44.6 Å². The summed E-state index contributed by atoms with van der Waals surface area (Å²) in [6, 6.07) is 6.65. The number of rotatable bonds is 4. The predicted octanol–water partition coefficient (Wildman–Crippen LogP) is 3.64. The highest BCUT2D eigenvalue weighted by Gasteiger charge is 2.50. The maximum atomic E-state index is 13.1. The van der Waals surface area contributed by atoms with Gasteiger partial charge in [-0.3, -0.25) is 19.4 Å².